The zero-order valence-corrected chi connectivity index (χ0v) is 9.08. The van der Waals surface area contributed by atoms with Gasteiger partial charge in [-0.3, -0.25) is 5.32 Å². The van der Waals surface area contributed by atoms with Crippen molar-refractivity contribution in [3.8, 4) is 0 Å². The van der Waals surface area contributed by atoms with Gasteiger partial charge in [-0.2, -0.15) is 0 Å². The van der Waals surface area contributed by atoms with Gasteiger partial charge in [0, 0.05) is 10.2 Å². The number of hydrogen-bond acceptors (Lipinski definition) is 2. The predicted octanol–water partition coefficient (Wildman–Crippen LogP) is 3.16. The molecule has 0 spiro atoms. The monoisotopic (exact) mass is 255 g/mol. The van der Waals surface area contributed by atoms with Crippen molar-refractivity contribution in [3.63, 3.8) is 0 Å². The largest absolute Gasteiger partial charge is 0.446 e. The van der Waals surface area contributed by atoms with Crippen molar-refractivity contribution >= 4 is 27.7 Å². The molecule has 1 saturated carbocycles. The zero-order chi connectivity index (χ0) is 9.97. The molecule has 4 heteroatoms. The maximum absolute atomic E-state index is 11.2. The van der Waals surface area contributed by atoms with Gasteiger partial charge < -0.3 is 4.74 Å². The number of carbonyl (C=O) groups excluding carboxylic acids is 1. The van der Waals surface area contributed by atoms with Crippen LogP contribution in [0.4, 0.5) is 10.5 Å². The van der Waals surface area contributed by atoms with Gasteiger partial charge in [0.1, 0.15) is 6.10 Å². The Labute approximate surface area is 90.6 Å². The third-order valence-electron chi connectivity index (χ3n) is 1.89. The van der Waals surface area contributed by atoms with E-state index in [9.17, 15) is 4.79 Å². The average molecular weight is 256 g/mol. The first-order valence-electron chi connectivity index (χ1n) is 4.47. The van der Waals surface area contributed by atoms with Crippen LogP contribution >= 0.6 is 15.9 Å². The Bertz CT molecular complexity index is 332. The highest BCUT2D eigenvalue weighted by atomic mass is 79.9. The molecule has 14 heavy (non-hydrogen) atoms. The summed E-state index contributed by atoms with van der Waals surface area (Å²) in [6.45, 7) is 0. The van der Waals surface area contributed by atoms with Crippen LogP contribution in [0, 0.1) is 0 Å². The van der Waals surface area contributed by atoms with Gasteiger partial charge in [-0.1, -0.05) is 15.9 Å². The summed E-state index contributed by atoms with van der Waals surface area (Å²) in [5.41, 5.74) is 0.749. The summed E-state index contributed by atoms with van der Waals surface area (Å²) in [4.78, 5) is 11.2. The van der Waals surface area contributed by atoms with Crippen molar-refractivity contribution in [2.75, 3.05) is 5.32 Å². The fourth-order valence-electron chi connectivity index (χ4n) is 1.02. The van der Waals surface area contributed by atoms with Crippen molar-refractivity contribution in [2.45, 2.75) is 18.9 Å². The minimum absolute atomic E-state index is 0.144. The zero-order valence-electron chi connectivity index (χ0n) is 7.50. The number of carbonyl (C=O) groups is 1. The van der Waals surface area contributed by atoms with Crippen molar-refractivity contribution < 1.29 is 9.53 Å². The summed E-state index contributed by atoms with van der Waals surface area (Å²) in [5.74, 6) is 0. The standard InChI is InChI=1S/C10H10BrNO2/c11-7-1-3-8(4-2-7)12-10(13)14-9-5-6-9/h1-4,9H,5-6H2,(H,12,13). The van der Waals surface area contributed by atoms with E-state index in [0.29, 0.717) is 0 Å². The molecule has 2 rings (SSSR count). The van der Waals surface area contributed by atoms with Gasteiger partial charge in [0.05, 0.1) is 0 Å². The number of hydrogen-bond donors (Lipinski definition) is 1. The van der Waals surface area contributed by atoms with Crippen molar-refractivity contribution in [1.29, 1.82) is 0 Å². The Morgan fingerprint density at radius 2 is 2.00 bits per heavy atom. The van der Waals surface area contributed by atoms with E-state index in [2.05, 4.69) is 21.2 Å². The Morgan fingerprint density at radius 1 is 1.36 bits per heavy atom. The molecule has 74 valence electrons. The quantitative estimate of drug-likeness (QED) is 0.882. The van der Waals surface area contributed by atoms with Crippen LogP contribution in [-0.2, 0) is 4.74 Å². The molecule has 1 fully saturated rings. The first kappa shape index (κ1) is 9.52. The highest BCUT2D eigenvalue weighted by Crippen LogP contribution is 2.24. The predicted molar refractivity (Wildman–Crippen MR) is 57.3 cm³/mol. The molecule has 0 bridgehead atoms. The van der Waals surface area contributed by atoms with Gasteiger partial charge in [-0.25, -0.2) is 4.79 Å². The van der Waals surface area contributed by atoms with Gasteiger partial charge in [-0.15, -0.1) is 0 Å². The second-order valence-electron chi connectivity index (χ2n) is 3.24. The molecule has 3 nitrogen and oxygen atoms in total. The van der Waals surface area contributed by atoms with Gasteiger partial charge in [0.15, 0.2) is 0 Å². The number of amides is 1. The molecule has 1 aromatic carbocycles. The first-order chi connectivity index (χ1) is 6.74. The van der Waals surface area contributed by atoms with E-state index in [4.69, 9.17) is 4.74 Å². The summed E-state index contributed by atoms with van der Waals surface area (Å²) in [5, 5.41) is 2.66. The minimum Gasteiger partial charge on any atom is -0.446 e. The smallest absolute Gasteiger partial charge is 0.411 e. The van der Waals surface area contributed by atoms with E-state index < -0.39 is 0 Å². The number of nitrogens with one attached hydrogen (secondary N) is 1. The first-order valence-corrected chi connectivity index (χ1v) is 5.26. The molecule has 0 unspecified atom stereocenters. The second-order valence-corrected chi connectivity index (χ2v) is 4.15. The lowest BCUT2D eigenvalue weighted by atomic mass is 10.3. The lowest BCUT2D eigenvalue weighted by Gasteiger charge is -2.05. The fraction of sp³-hybridized carbons (Fsp3) is 0.300. The summed E-state index contributed by atoms with van der Waals surface area (Å²) in [7, 11) is 0. The number of anilines is 1. The van der Waals surface area contributed by atoms with Crippen molar-refractivity contribution in [2.24, 2.45) is 0 Å². The van der Waals surface area contributed by atoms with Crippen LogP contribution in [-0.4, -0.2) is 12.2 Å². The summed E-state index contributed by atoms with van der Waals surface area (Å²) >= 11 is 3.32. The van der Waals surface area contributed by atoms with Crippen molar-refractivity contribution in [3.05, 3.63) is 28.7 Å². The highest BCUT2D eigenvalue weighted by molar-refractivity contribution is 9.10. The van der Waals surface area contributed by atoms with E-state index in [1.165, 1.54) is 0 Å². The number of halogens is 1. The van der Waals surface area contributed by atoms with Crippen LogP contribution in [0.1, 0.15) is 12.8 Å². The lowest BCUT2D eigenvalue weighted by molar-refractivity contribution is 0.154. The molecule has 1 N–H and O–H groups in total. The third-order valence-corrected chi connectivity index (χ3v) is 2.42. The maximum atomic E-state index is 11.2. The van der Waals surface area contributed by atoms with Gasteiger partial charge in [0.2, 0.25) is 0 Å². The fourth-order valence-corrected chi connectivity index (χ4v) is 1.28. The molecular formula is C10H10BrNO2. The molecule has 1 aromatic rings. The van der Waals surface area contributed by atoms with Crippen LogP contribution in [0.5, 0.6) is 0 Å². The summed E-state index contributed by atoms with van der Waals surface area (Å²) < 4.78 is 6.02. The number of ether oxygens (including phenoxy) is 1. The molecule has 0 aromatic heterocycles. The van der Waals surface area contributed by atoms with Crippen LogP contribution in [0.25, 0.3) is 0 Å². The normalized spacial score (nSPS) is 14.9. The van der Waals surface area contributed by atoms with Crippen LogP contribution in [0.2, 0.25) is 0 Å². The van der Waals surface area contributed by atoms with E-state index in [0.717, 1.165) is 23.0 Å². The molecule has 1 aliphatic carbocycles. The Balaban J connectivity index is 1.89. The topological polar surface area (TPSA) is 38.3 Å². The third kappa shape index (κ3) is 2.73. The molecule has 0 saturated heterocycles. The highest BCUT2D eigenvalue weighted by Gasteiger charge is 2.25. The lowest BCUT2D eigenvalue weighted by Crippen LogP contribution is -2.14. The maximum Gasteiger partial charge on any atom is 0.411 e. The molecule has 1 aliphatic rings. The number of rotatable bonds is 2. The average Bonchev–Trinajstić information content (AvgIpc) is 2.93. The molecule has 0 heterocycles. The van der Waals surface area contributed by atoms with Gasteiger partial charge in [0.25, 0.3) is 0 Å². The van der Waals surface area contributed by atoms with E-state index in [1.54, 1.807) is 0 Å². The summed E-state index contributed by atoms with van der Waals surface area (Å²) in [6, 6.07) is 7.37. The van der Waals surface area contributed by atoms with Crippen molar-refractivity contribution in [1.82, 2.24) is 0 Å². The Hall–Kier alpha value is -1.03. The van der Waals surface area contributed by atoms with Crippen LogP contribution in [0.15, 0.2) is 28.7 Å². The Kier molecular flexibility index (Phi) is 2.72. The number of benzene rings is 1. The Morgan fingerprint density at radius 3 is 2.57 bits per heavy atom. The van der Waals surface area contributed by atoms with Gasteiger partial charge >= 0.3 is 6.09 Å². The molecule has 0 aliphatic heterocycles. The molecule has 1 amide bonds. The molecular weight excluding hydrogens is 246 g/mol. The van der Waals surface area contributed by atoms with Crippen LogP contribution < -0.4 is 5.32 Å². The van der Waals surface area contributed by atoms with E-state index >= 15 is 0 Å². The van der Waals surface area contributed by atoms with Crippen LogP contribution in [0.3, 0.4) is 0 Å². The molecule has 0 radical (unpaired) electrons. The SMILES string of the molecule is O=C(Nc1ccc(Br)cc1)OC1CC1. The summed E-state index contributed by atoms with van der Waals surface area (Å²) in [6.07, 6.45) is 1.77. The molecule has 0 atom stereocenters. The van der Waals surface area contributed by atoms with E-state index in [-0.39, 0.29) is 12.2 Å². The van der Waals surface area contributed by atoms with Gasteiger partial charge in [-0.05, 0) is 37.1 Å². The minimum atomic E-state index is -0.366. The van der Waals surface area contributed by atoms with E-state index in [1.807, 2.05) is 24.3 Å². The second kappa shape index (κ2) is 4.00.